The number of aromatic nitrogens is 2. The van der Waals surface area contributed by atoms with Crippen LogP contribution < -0.4 is 5.73 Å². The van der Waals surface area contributed by atoms with E-state index in [1.807, 2.05) is 18.3 Å². The molecule has 2 aromatic heterocycles. The van der Waals surface area contributed by atoms with Crippen LogP contribution in [0.2, 0.25) is 0 Å². The van der Waals surface area contributed by atoms with Crippen LogP contribution in [0.5, 0.6) is 0 Å². The Morgan fingerprint density at radius 1 is 1.16 bits per heavy atom. The molecule has 0 atom stereocenters. The summed E-state index contributed by atoms with van der Waals surface area (Å²) in [5, 5.41) is 3.97. The Labute approximate surface area is 113 Å². The van der Waals surface area contributed by atoms with E-state index < -0.39 is 0 Å². The van der Waals surface area contributed by atoms with Crippen molar-refractivity contribution in [2.45, 2.75) is 44.4 Å². The van der Waals surface area contributed by atoms with Crippen LogP contribution in [0.1, 0.15) is 50.2 Å². The molecule has 0 unspecified atom stereocenters. The molecule has 0 aromatic carbocycles. The molecule has 2 heterocycles. The summed E-state index contributed by atoms with van der Waals surface area (Å²) in [6.07, 6.45) is 11.1. The maximum absolute atomic E-state index is 5.99. The second-order valence-corrected chi connectivity index (χ2v) is 5.24. The van der Waals surface area contributed by atoms with Gasteiger partial charge < -0.3 is 10.3 Å². The monoisotopic (exact) mass is 257 g/mol. The third-order valence-electron chi connectivity index (χ3n) is 3.92. The Balaban J connectivity index is 1.98. The van der Waals surface area contributed by atoms with E-state index in [0.717, 1.165) is 16.9 Å². The minimum Gasteiger partial charge on any atom is -0.380 e. The molecule has 0 radical (unpaired) electrons. The van der Waals surface area contributed by atoms with Gasteiger partial charge in [-0.25, -0.2) is 0 Å². The molecule has 2 N–H and O–H groups in total. The number of anilines is 1. The molecule has 0 bridgehead atoms. The minimum atomic E-state index is 0.447. The summed E-state index contributed by atoms with van der Waals surface area (Å²) in [7, 11) is 0. The summed E-state index contributed by atoms with van der Waals surface area (Å²) < 4.78 is 5.54. The van der Waals surface area contributed by atoms with Crippen LogP contribution in [0.3, 0.4) is 0 Å². The van der Waals surface area contributed by atoms with Gasteiger partial charge in [0.25, 0.3) is 0 Å². The Kier molecular flexibility index (Phi) is 3.49. The summed E-state index contributed by atoms with van der Waals surface area (Å²) in [4.78, 5) is 4.16. The minimum absolute atomic E-state index is 0.447. The van der Waals surface area contributed by atoms with E-state index in [-0.39, 0.29) is 0 Å². The Hall–Kier alpha value is -1.84. The van der Waals surface area contributed by atoms with Gasteiger partial charge in [-0.3, -0.25) is 4.98 Å². The van der Waals surface area contributed by atoms with E-state index in [2.05, 4.69) is 10.1 Å². The summed E-state index contributed by atoms with van der Waals surface area (Å²) >= 11 is 0. The lowest BCUT2D eigenvalue weighted by Crippen LogP contribution is -1.99. The molecule has 1 fully saturated rings. The third-order valence-corrected chi connectivity index (χ3v) is 3.92. The van der Waals surface area contributed by atoms with E-state index in [0.29, 0.717) is 11.7 Å². The number of nitrogen functional groups attached to an aromatic ring is 1. The van der Waals surface area contributed by atoms with Crippen molar-refractivity contribution in [1.29, 1.82) is 0 Å². The van der Waals surface area contributed by atoms with Crippen molar-refractivity contribution in [3.8, 4) is 11.1 Å². The molecule has 1 saturated carbocycles. The van der Waals surface area contributed by atoms with Crippen LogP contribution >= 0.6 is 0 Å². The van der Waals surface area contributed by atoms with Gasteiger partial charge >= 0.3 is 0 Å². The molecule has 1 aliphatic rings. The average Bonchev–Trinajstić information content (AvgIpc) is 2.67. The van der Waals surface area contributed by atoms with Gasteiger partial charge in [0.05, 0.1) is 5.56 Å². The summed E-state index contributed by atoms with van der Waals surface area (Å²) in [5.74, 6) is 1.88. The highest BCUT2D eigenvalue weighted by atomic mass is 16.5. The first kappa shape index (κ1) is 12.2. The number of pyridine rings is 1. The Morgan fingerprint density at radius 3 is 2.63 bits per heavy atom. The molecule has 2 aromatic rings. The molecule has 4 heteroatoms. The van der Waals surface area contributed by atoms with Crippen LogP contribution in [0.25, 0.3) is 11.1 Å². The first-order chi connectivity index (χ1) is 9.36. The zero-order valence-corrected chi connectivity index (χ0v) is 11.0. The number of rotatable bonds is 2. The molecular formula is C15H19N3O. The normalized spacial score (nSPS) is 17.3. The van der Waals surface area contributed by atoms with E-state index >= 15 is 0 Å². The lowest BCUT2D eigenvalue weighted by Gasteiger charge is -2.12. The smallest absolute Gasteiger partial charge is 0.175 e. The fraction of sp³-hybridized carbons (Fsp3) is 0.467. The van der Waals surface area contributed by atoms with E-state index in [1.54, 1.807) is 6.20 Å². The quantitative estimate of drug-likeness (QED) is 0.832. The van der Waals surface area contributed by atoms with Crippen molar-refractivity contribution in [1.82, 2.24) is 10.1 Å². The third kappa shape index (κ3) is 2.48. The molecule has 0 amide bonds. The zero-order valence-electron chi connectivity index (χ0n) is 11.0. The Bertz CT molecular complexity index is 528. The second-order valence-electron chi connectivity index (χ2n) is 5.24. The van der Waals surface area contributed by atoms with Gasteiger partial charge in [-0.1, -0.05) is 36.9 Å². The van der Waals surface area contributed by atoms with Crippen LogP contribution in [0.4, 0.5) is 5.82 Å². The summed E-state index contributed by atoms with van der Waals surface area (Å²) in [5.41, 5.74) is 7.93. The average molecular weight is 257 g/mol. The van der Waals surface area contributed by atoms with Crippen LogP contribution in [0, 0.1) is 0 Å². The fourth-order valence-electron chi connectivity index (χ4n) is 2.94. The summed E-state index contributed by atoms with van der Waals surface area (Å²) in [6.45, 7) is 0. The highest BCUT2D eigenvalue weighted by Crippen LogP contribution is 2.39. The van der Waals surface area contributed by atoms with Crippen LogP contribution in [-0.2, 0) is 0 Å². The maximum Gasteiger partial charge on any atom is 0.175 e. The molecule has 0 aliphatic heterocycles. The first-order valence-electron chi connectivity index (χ1n) is 7.01. The fourth-order valence-corrected chi connectivity index (χ4v) is 2.94. The van der Waals surface area contributed by atoms with Gasteiger partial charge in [-0.05, 0) is 18.9 Å². The van der Waals surface area contributed by atoms with Crippen molar-refractivity contribution in [3.63, 3.8) is 0 Å². The molecule has 4 nitrogen and oxygen atoms in total. The second kappa shape index (κ2) is 5.43. The van der Waals surface area contributed by atoms with E-state index in [9.17, 15) is 0 Å². The van der Waals surface area contributed by atoms with Crippen molar-refractivity contribution < 1.29 is 4.52 Å². The highest BCUT2D eigenvalue weighted by molar-refractivity contribution is 5.75. The zero-order chi connectivity index (χ0) is 13.1. The van der Waals surface area contributed by atoms with Gasteiger partial charge in [0.2, 0.25) is 0 Å². The number of nitrogens with zero attached hydrogens (tertiary/aromatic N) is 2. The van der Waals surface area contributed by atoms with Gasteiger partial charge in [0, 0.05) is 23.9 Å². The number of nitrogens with two attached hydrogens (primary N) is 1. The maximum atomic E-state index is 5.99. The first-order valence-corrected chi connectivity index (χ1v) is 7.01. The van der Waals surface area contributed by atoms with E-state index in [1.165, 1.54) is 38.5 Å². The van der Waals surface area contributed by atoms with Gasteiger partial charge in [-0.15, -0.1) is 0 Å². The molecule has 0 spiro atoms. The predicted octanol–water partition coefficient (Wildman–Crippen LogP) is 3.76. The lowest BCUT2D eigenvalue weighted by molar-refractivity contribution is 0.350. The Morgan fingerprint density at radius 2 is 1.95 bits per heavy atom. The topological polar surface area (TPSA) is 64.9 Å². The van der Waals surface area contributed by atoms with Crippen molar-refractivity contribution in [3.05, 3.63) is 30.3 Å². The van der Waals surface area contributed by atoms with Gasteiger partial charge in [0.15, 0.2) is 5.82 Å². The molecule has 100 valence electrons. The standard InChI is InChI=1S/C15H19N3O/c16-15-13(12-8-5-9-17-10-12)14(19-18-15)11-6-3-1-2-4-7-11/h5,8-11H,1-4,6-7H2,(H2,16,18). The molecule has 3 rings (SSSR count). The van der Waals surface area contributed by atoms with E-state index in [4.69, 9.17) is 10.3 Å². The number of hydrogen-bond donors (Lipinski definition) is 1. The lowest BCUT2D eigenvalue weighted by atomic mass is 9.92. The molecule has 0 saturated heterocycles. The predicted molar refractivity (Wildman–Crippen MR) is 74.6 cm³/mol. The van der Waals surface area contributed by atoms with Gasteiger partial charge in [-0.2, -0.15) is 0 Å². The van der Waals surface area contributed by atoms with Crippen LogP contribution in [-0.4, -0.2) is 10.1 Å². The molecular weight excluding hydrogens is 238 g/mol. The highest BCUT2D eigenvalue weighted by Gasteiger charge is 2.25. The van der Waals surface area contributed by atoms with Crippen molar-refractivity contribution in [2.24, 2.45) is 0 Å². The van der Waals surface area contributed by atoms with Crippen LogP contribution in [0.15, 0.2) is 29.0 Å². The largest absolute Gasteiger partial charge is 0.380 e. The molecule has 1 aliphatic carbocycles. The molecule has 19 heavy (non-hydrogen) atoms. The SMILES string of the molecule is Nc1noc(C2CCCCCC2)c1-c1cccnc1. The van der Waals surface area contributed by atoms with Crippen molar-refractivity contribution in [2.75, 3.05) is 5.73 Å². The van der Waals surface area contributed by atoms with Gasteiger partial charge in [0.1, 0.15) is 5.76 Å². The van der Waals surface area contributed by atoms with Crippen molar-refractivity contribution >= 4 is 5.82 Å². The summed E-state index contributed by atoms with van der Waals surface area (Å²) in [6, 6.07) is 3.93. The number of hydrogen-bond acceptors (Lipinski definition) is 4.